The molecule has 2 heterocycles. The van der Waals surface area contributed by atoms with Crippen LogP contribution in [0, 0.1) is 0 Å². The molecule has 0 unspecified atom stereocenters. The number of carbonyl (C=O) groups is 1. The number of anilines is 1. The van der Waals surface area contributed by atoms with E-state index in [2.05, 4.69) is 31.2 Å². The van der Waals surface area contributed by atoms with Gasteiger partial charge in [-0.1, -0.05) is 12.1 Å². The Morgan fingerprint density at radius 3 is 2.30 bits per heavy atom. The minimum atomic E-state index is -5.02. The van der Waals surface area contributed by atoms with Crippen molar-refractivity contribution in [3.63, 3.8) is 0 Å². The number of benzene rings is 2. The van der Waals surface area contributed by atoms with E-state index in [4.69, 9.17) is 0 Å². The van der Waals surface area contributed by atoms with E-state index < -0.39 is 35.0 Å². The predicted molar refractivity (Wildman–Crippen MR) is 113 cm³/mol. The summed E-state index contributed by atoms with van der Waals surface area (Å²) in [5.41, 5.74) is -1.79. The number of alkyl halides is 6. The summed E-state index contributed by atoms with van der Waals surface area (Å²) >= 11 is 3.24. The lowest BCUT2D eigenvalue weighted by Crippen LogP contribution is -2.15. The minimum absolute atomic E-state index is 0.0135. The summed E-state index contributed by atoms with van der Waals surface area (Å²) in [4.78, 5) is 20.9. The van der Waals surface area contributed by atoms with Crippen molar-refractivity contribution >= 4 is 38.9 Å². The molecule has 0 radical (unpaired) electrons. The van der Waals surface area contributed by atoms with E-state index in [1.807, 2.05) is 0 Å². The molecule has 3 aromatic rings. The van der Waals surface area contributed by atoms with Gasteiger partial charge in [0.15, 0.2) is 0 Å². The van der Waals surface area contributed by atoms with Gasteiger partial charge in [0, 0.05) is 11.8 Å². The lowest BCUT2D eigenvalue weighted by atomic mass is 9.96. The number of hydrogen-bond acceptors (Lipinski definition) is 3. The maximum Gasteiger partial charge on any atom is 0.417 e. The van der Waals surface area contributed by atoms with Crippen LogP contribution in [-0.4, -0.2) is 16.6 Å². The first-order valence-corrected chi connectivity index (χ1v) is 10.1. The third-order valence-corrected chi connectivity index (χ3v) is 5.31. The number of hydrogen-bond donors (Lipinski definition) is 1. The Hall–Kier alpha value is -3.21. The van der Waals surface area contributed by atoms with Crippen LogP contribution in [0.2, 0.25) is 0 Å². The van der Waals surface area contributed by atoms with Crippen LogP contribution in [0.15, 0.2) is 64.3 Å². The highest BCUT2D eigenvalue weighted by Crippen LogP contribution is 2.42. The molecule has 1 N–H and O–H groups in total. The Morgan fingerprint density at radius 2 is 1.64 bits per heavy atom. The third kappa shape index (κ3) is 4.92. The number of nitrogens with one attached hydrogen (secondary N) is 1. The van der Waals surface area contributed by atoms with Crippen LogP contribution >= 0.6 is 15.9 Å². The highest BCUT2D eigenvalue weighted by Gasteiger charge is 2.38. The quantitative estimate of drug-likeness (QED) is 0.288. The number of nitrogens with zero attached hydrogens (tertiary/aromatic N) is 2. The van der Waals surface area contributed by atoms with Crippen LogP contribution in [0.3, 0.4) is 0 Å². The fourth-order valence-electron chi connectivity index (χ4n) is 3.39. The molecular weight excluding hydrogens is 516 g/mol. The number of halogens is 7. The smallest absolute Gasteiger partial charge is 0.324 e. The van der Waals surface area contributed by atoms with Crippen molar-refractivity contribution in [2.24, 2.45) is 4.99 Å². The van der Waals surface area contributed by atoms with Crippen molar-refractivity contribution in [1.29, 1.82) is 0 Å². The Labute approximate surface area is 191 Å². The molecule has 0 spiro atoms. The SMILES string of the molecule is O=C1CC(c2ccnc(Br)c2)=Nc2ccc(-c3ccc(C(F)(F)F)cc3C(F)(F)F)cc2N1. The Balaban J connectivity index is 1.82. The van der Waals surface area contributed by atoms with Crippen molar-refractivity contribution in [2.75, 3.05) is 5.32 Å². The fourth-order valence-corrected chi connectivity index (χ4v) is 3.75. The first kappa shape index (κ1) is 23.0. The van der Waals surface area contributed by atoms with E-state index in [1.54, 1.807) is 12.1 Å². The maximum atomic E-state index is 13.6. The normalized spacial score (nSPS) is 14.3. The number of carbonyl (C=O) groups excluding carboxylic acids is 1. The Kier molecular flexibility index (Phi) is 5.77. The van der Waals surface area contributed by atoms with Gasteiger partial charge in [-0.15, -0.1) is 0 Å². The summed E-state index contributed by atoms with van der Waals surface area (Å²) in [6, 6.07) is 8.76. The number of fused-ring (bicyclic) bond motifs is 1. The molecule has 1 amide bonds. The van der Waals surface area contributed by atoms with Crippen LogP contribution < -0.4 is 5.32 Å². The lowest BCUT2D eigenvalue weighted by molar-refractivity contribution is -0.142. The maximum absolute atomic E-state index is 13.6. The van der Waals surface area contributed by atoms with Crippen molar-refractivity contribution in [1.82, 2.24) is 4.98 Å². The molecule has 170 valence electrons. The summed E-state index contributed by atoms with van der Waals surface area (Å²) in [5.74, 6) is -0.443. The van der Waals surface area contributed by atoms with Crippen molar-refractivity contribution < 1.29 is 31.1 Å². The first-order chi connectivity index (χ1) is 15.4. The van der Waals surface area contributed by atoms with E-state index in [-0.39, 0.29) is 23.7 Å². The molecule has 4 nitrogen and oxygen atoms in total. The van der Waals surface area contributed by atoms with Crippen molar-refractivity contribution in [3.8, 4) is 11.1 Å². The summed E-state index contributed by atoms with van der Waals surface area (Å²) in [6.45, 7) is 0. The highest BCUT2D eigenvalue weighted by molar-refractivity contribution is 9.10. The van der Waals surface area contributed by atoms with Crippen LogP contribution in [0.5, 0.6) is 0 Å². The molecule has 1 aliphatic heterocycles. The molecule has 1 aromatic heterocycles. The predicted octanol–water partition coefficient (Wildman–Crippen LogP) is 7.01. The van der Waals surface area contributed by atoms with Crippen molar-refractivity contribution in [2.45, 2.75) is 18.8 Å². The van der Waals surface area contributed by atoms with Crippen LogP contribution in [0.1, 0.15) is 23.1 Å². The van der Waals surface area contributed by atoms with Gasteiger partial charge >= 0.3 is 12.4 Å². The molecule has 0 bridgehead atoms. The van der Waals surface area contributed by atoms with Crippen LogP contribution in [0.25, 0.3) is 11.1 Å². The highest BCUT2D eigenvalue weighted by atomic mass is 79.9. The van der Waals surface area contributed by atoms with Crippen LogP contribution in [0.4, 0.5) is 37.7 Å². The molecule has 0 saturated heterocycles. The molecule has 0 saturated carbocycles. The summed E-state index contributed by atoms with van der Waals surface area (Å²) in [6.07, 6.45) is -8.51. The van der Waals surface area contributed by atoms with Gasteiger partial charge < -0.3 is 5.32 Å². The zero-order chi connectivity index (χ0) is 24.0. The second-order valence-corrected chi connectivity index (χ2v) is 7.95. The second kappa shape index (κ2) is 8.29. The topological polar surface area (TPSA) is 54.4 Å². The molecular formula is C22H12BrF6N3O. The van der Waals surface area contributed by atoms with Gasteiger partial charge in [-0.25, -0.2) is 4.98 Å². The average molecular weight is 528 g/mol. The minimum Gasteiger partial charge on any atom is -0.324 e. The zero-order valence-electron chi connectivity index (χ0n) is 16.4. The number of aliphatic imine (C=N–C) groups is 1. The lowest BCUT2D eigenvalue weighted by Gasteiger charge is -2.17. The standard InChI is InChI=1S/C22H12BrF6N3O/c23-19-8-12(5-6-30-19)17-10-20(33)32-18-7-11(1-4-16(18)31-17)14-3-2-13(21(24,25)26)9-15(14)22(27,28)29/h1-9H,10H2,(H,32,33). The molecule has 0 aliphatic carbocycles. The molecule has 2 aromatic carbocycles. The van der Waals surface area contributed by atoms with Gasteiger partial charge in [0.05, 0.1) is 34.6 Å². The summed E-state index contributed by atoms with van der Waals surface area (Å²) < 4.78 is 80.2. The summed E-state index contributed by atoms with van der Waals surface area (Å²) in [5, 5.41) is 2.60. The third-order valence-electron chi connectivity index (χ3n) is 4.88. The molecule has 4 rings (SSSR count). The molecule has 0 fully saturated rings. The van der Waals surface area contributed by atoms with Gasteiger partial charge in [-0.2, -0.15) is 26.3 Å². The van der Waals surface area contributed by atoms with E-state index in [0.717, 1.165) is 6.07 Å². The molecule has 1 aliphatic rings. The number of pyridine rings is 1. The van der Waals surface area contributed by atoms with Gasteiger partial charge in [-0.3, -0.25) is 9.79 Å². The van der Waals surface area contributed by atoms with Gasteiger partial charge in [0.2, 0.25) is 5.91 Å². The second-order valence-electron chi connectivity index (χ2n) is 7.14. The van der Waals surface area contributed by atoms with E-state index in [1.165, 1.54) is 24.4 Å². The molecule has 11 heteroatoms. The van der Waals surface area contributed by atoms with E-state index >= 15 is 0 Å². The van der Waals surface area contributed by atoms with Crippen molar-refractivity contribution in [3.05, 3.63) is 76.0 Å². The van der Waals surface area contributed by atoms with Gasteiger partial charge in [0.1, 0.15) is 4.60 Å². The first-order valence-electron chi connectivity index (χ1n) is 9.34. The van der Waals surface area contributed by atoms with E-state index in [9.17, 15) is 31.1 Å². The fraction of sp³-hybridized carbons (Fsp3) is 0.136. The largest absolute Gasteiger partial charge is 0.417 e. The molecule has 33 heavy (non-hydrogen) atoms. The number of amides is 1. The van der Waals surface area contributed by atoms with E-state index in [0.29, 0.717) is 27.6 Å². The summed E-state index contributed by atoms with van der Waals surface area (Å²) in [7, 11) is 0. The number of aromatic nitrogens is 1. The Morgan fingerprint density at radius 1 is 0.879 bits per heavy atom. The Bertz CT molecular complexity index is 1280. The number of rotatable bonds is 2. The van der Waals surface area contributed by atoms with Gasteiger partial charge in [-0.05, 0) is 63.5 Å². The molecule has 0 atom stereocenters. The van der Waals surface area contributed by atoms with Crippen LogP contribution in [-0.2, 0) is 17.1 Å². The van der Waals surface area contributed by atoms with Gasteiger partial charge in [0.25, 0.3) is 0 Å². The monoisotopic (exact) mass is 527 g/mol. The average Bonchev–Trinajstić information content (AvgIpc) is 2.89. The zero-order valence-corrected chi connectivity index (χ0v) is 17.9.